The summed E-state index contributed by atoms with van der Waals surface area (Å²) in [6.45, 7) is 6.72. The van der Waals surface area contributed by atoms with Crippen LogP contribution in [0.15, 0.2) is 33.5 Å². The number of ether oxygens (including phenoxy) is 2. The number of esters is 1. The van der Waals surface area contributed by atoms with Gasteiger partial charge in [0.1, 0.15) is 11.7 Å². The molecule has 4 rings (SSSR count). The molecule has 0 amide bonds. The topological polar surface area (TPSA) is 65.7 Å². The summed E-state index contributed by atoms with van der Waals surface area (Å²) in [7, 11) is 1.51. The van der Waals surface area contributed by atoms with Gasteiger partial charge in [0.25, 0.3) is 0 Å². The third-order valence-corrected chi connectivity index (χ3v) is 7.13. The van der Waals surface area contributed by atoms with Gasteiger partial charge in [-0.2, -0.15) is 0 Å². The molecule has 0 saturated heterocycles. The van der Waals surface area contributed by atoms with E-state index in [0.29, 0.717) is 22.6 Å². The van der Waals surface area contributed by atoms with Gasteiger partial charge in [0.05, 0.1) is 7.11 Å². The molecule has 2 saturated carbocycles. The van der Waals surface area contributed by atoms with Crippen LogP contribution in [0.2, 0.25) is 0 Å². The number of carbonyl (C=O) groups is 1. The van der Waals surface area contributed by atoms with E-state index in [1.807, 2.05) is 0 Å². The van der Waals surface area contributed by atoms with Crippen molar-refractivity contribution in [2.24, 2.45) is 16.7 Å². The van der Waals surface area contributed by atoms with E-state index in [4.69, 9.17) is 13.9 Å². The van der Waals surface area contributed by atoms with Crippen molar-refractivity contribution >= 4 is 16.9 Å². The molecule has 5 heteroatoms. The quantitative estimate of drug-likeness (QED) is 0.610. The maximum atomic E-state index is 12.7. The molecule has 2 aliphatic carbocycles. The molecule has 2 fully saturated rings. The summed E-state index contributed by atoms with van der Waals surface area (Å²) in [5.74, 6) is 0.419. The summed E-state index contributed by atoms with van der Waals surface area (Å²) in [5.41, 5.74) is -0.327. The van der Waals surface area contributed by atoms with Crippen LogP contribution in [-0.4, -0.2) is 19.2 Å². The third kappa shape index (κ3) is 2.22. The normalized spacial score (nSPS) is 29.1. The fourth-order valence-corrected chi connectivity index (χ4v) is 4.92. The van der Waals surface area contributed by atoms with Crippen molar-refractivity contribution in [3.05, 3.63) is 40.2 Å². The molecule has 2 bridgehead atoms. The molecule has 3 atom stereocenters. The fourth-order valence-electron chi connectivity index (χ4n) is 4.92. The highest BCUT2D eigenvalue weighted by atomic mass is 16.5. The minimum absolute atomic E-state index is 0.0480. The lowest BCUT2D eigenvalue weighted by Gasteiger charge is -2.38. The second-order valence-corrected chi connectivity index (χ2v) is 8.33. The van der Waals surface area contributed by atoms with Crippen LogP contribution in [0, 0.1) is 16.7 Å². The number of hydrogen-bond acceptors (Lipinski definition) is 5. The lowest BCUT2D eigenvalue weighted by atomic mass is 9.70. The van der Waals surface area contributed by atoms with Gasteiger partial charge < -0.3 is 13.9 Å². The molecular weight excluding hydrogens is 332 g/mol. The van der Waals surface area contributed by atoms with E-state index in [1.165, 1.54) is 19.6 Å². The highest BCUT2D eigenvalue weighted by molar-refractivity contribution is 5.94. The Morgan fingerprint density at radius 1 is 1.27 bits per heavy atom. The van der Waals surface area contributed by atoms with E-state index in [1.54, 1.807) is 18.2 Å². The lowest BCUT2D eigenvalue weighted by molar-refractivity contribution is -0.0245. The summed E-state index contributed by atoms with van der Waals surface area (Å²) >= 11 is 0. The average molecular weight is 356 g/mol. The summed E-state index contributed by atoms with van der Waals surface area (Å²) < 4.78 is 16.4. The van der Waals surface area contributed by atoms with Crippen molar-refractivity contribution in [2.45, 2.75) is 46.1 Å². The molecule has 1 heterocycles. The molecule has 0 aliphatic heterocycles. The highest BCUT2D eigenvalue weighted by Crippen LogP contribution is 2.66. The zero-order valence-corrected chi connectivity index (χ0v) is 15.6. The molecule has 1 aromatic heterocycles. The molecule has 2 aromatic rings. The van der Waals surface area contributed by atoms with Crippen LogP contribution in [-0.2, 0) is 4.74 Å². The van der Waals surface area contributed by atoms with Crippen molar-refractivity contribution < 1.29 is 18.7 Å². The summed E-state index contributed by atoms with van der Waals surface area (Å²) in [6, 6.07) is 6.81. The van der Waals surface area contributed by atoms with Crippen molar-refractivity contribution in [1.29, 1.82) is 0 Å². The number of para-hydroxylation sites is 1. The number of rotatable bonds is 3. The van der Waals surface area contributed by atoms with Crippen molar-refractivity contribution in [2.75, 3.05) is 7.11 Å². The van der Waals surface area contributed by atoms with Gasteiger partial charge in [0.15, 0.2) is 11.3 Å². The molecule has 0 N–H and O–H groups in total. The maximum Gasteiger partial charge on any atom is 0.351 e. The number of benzene rings is 1. The fraction of sp³-hybridized carbons (Fsp3) is 0.524. The first-order valence-electron chi connectivity index (χ1n) is 9.10. The maximum absolute atomic E-state index is 12.7. The van der Waals surface area contributed by atoms with Crippen LogP contribution in [0.4, 0.5) is 0 Å². The Kier molecular flexibility index (Phi) is 3.69. The summed E-state index contributed by atoms with van der Waals surface area (Å²) in [6.07, 6.45) is 2.92. The van der Waals surface area contributed by atoms with Crippen molar-refractivity contribution in [3.8, 4) is 5.75 Å². The standard InChI is InChI=1S/C21H24O5/c1-20(2)13-8-9-21(20,3)16(11-13)25-18(22)14-10-12-6-5-7-15(24-4)17(12)26-19(14)23/h5-7,10,13,16H,8-9,11H2,1-4H3/t13-,16-,21-/m1/s1. The molecule has 26 heavy (non-hydrogen) atoms. The molecule has 0 radical (unpaired) electrons. The zero-order valence-electron chi connectivity index (χ0n) is 15.6. The molecule has 0 spiro atoms. The van der Waals surface area contributed by atoms with E-state index in [0.717, 1.165) is 12.8 Å². The number of carbonyl (C=O) groups excluding carboxylic acids is 1. The third-order valence-electron chi connectivity index (χ3n) is 7.13. The Morgan fingerprint density at radius 2 is 2.04 bits per heavy atom. The van der Waals surface area contributed by atoms with Crippen LogP contribution in [0.1, 0.15) is 50.4 Å². The average Bonchev–Trinajstić information content (AvgIpc) is 2.94. The minimum Gasteiger partial charge on any atom is -0.493 e. The van der Waals surface area contributed by atoms with E-state index in [2.05, 4.69) is 20.8 Å². The van der Waals surface area contributed by atoms with Crippen LogP contribution in [0.5, 0.6) is 5.75 Å². The van der Waals surface area contributed by atoms with Crippen molar-refractivity contribution in [3.63, 3.8) is 0 Å². The smallest absolute Gasteiger partial charge is 0.351 e. The molecule has 5 nitrogen and oxygen atoms in total. The predicted molar refractivity (Wildman–Crippen MR) is 97.5 cm³/mol. The van der Waals surface area contributed by atoms with Crippen LogP contribution in [0.3, 0.4) is 0 Å². The highest BCUT2D eigenvalue weighted by Gasteiger charge is 2.62. The summed E-state index contributed by atoms with van der Waals surface area (Å²) in [4.78, 5) is 25.1. The lowest BCUT2D eigenvalue weighted by Crippen LogP contribution is -2.38. The second-order valence-electron chi connectivity index (χ2n) is 8.33. The molecule has 138 valence electrons. The Hall–Kier alpha value is -2.30. The van der Waals surface area contributed by atoms with E-state index in [-0.39, 0.29) is 22.5 Å². The van der Waals surface area contributed by atoms with Gasteiger partial charge in [-0.25, -0.2) is 9.59 Å². The van der Waals surface area contributed by atoms with E-state index in [9.17, 15) is 9.59 Å². The Labute approximate surface area is 152 Å². The van der Waals surface area contributed by atoms with Crippen LogP contribution in [0.25, 0.3) is 11.0 Å². The van der Waals surface area contributed by atoms with Gasteiger partial charge >= 0.3 is 11.6 Å². The molecular formula is C21H24O5. The van der Waals surface area contributed by atoms with Gasteiger partial charge in [0, 0.05) is 10.8 Å². The van der Waals surface area contributed by atoms with Gasteiger partial charge in [-0.3, -0.25) is 0 Å². The Bertz CT molecular complexity index is 941. The Balaban J connectivity index is 1.66. The monoisotopic (exact) mass is 356 g/mol. The van der Waals surface area contributed by atoms with Crippen LogP contribution < -0.4 is 10.4 Å². The van der Waals surface area contributed by atoms with Crippen molar-refractivity contribution in [1.82, 2.24) is 0 Å². The number of hydrogen-bond donors (Lipinski definition) is 0. The van der Waals surface area contributed by atoms with Gasteiger partial charge in [0.2, 0.25) is 0 Å². The molecule has 2 aliphatic rings. The first-order chi connectivity index (χ1) is 12.3. The van der Waals surface area contributed by atoms with E-state index < -0.39 is 11.6 Å². The largest absolute Gasteiger partial charge is 0.493 e. The van der Waals surface area contributed by atoms with E-state index >= 15 is 0 Å². The summed E-state index contributed by atoms with van der Waals surface area (Å²) in [5, 5.41) is 0.635. The number of methoxy groups -OCH3 is 1. The van der Waals surface area contributed by atoms with Crippen LogP contribution >= 0.6 is 0 Å². The molecule has 1 aromatic carbocycles. The first-order valence-corrected chi connectivity index (χ1v) is 9.10. The van der Waals surface area contributed by atoms with Gasteiger partial charge in [-0.1, -0.05) is 32.9 Å². The number of fused-ring (bicyclic) bond motifs is 3. The Morgan fingerprint density at radius 3 is 2.65 bits per heavy atom. The zero-order chi connectivity index (χ0) is 18.7. The second kappa shape index (κ2) is 5.60. The van der Waals surface area contributed by atoms with Gasteiger partial charge in [-0.05, 0) is 42.7 Å². The first kappa shape index (κ1) is 17.1. The molecule has 0 unspecified atom stereocenters. The van der Waals surface area contributed by atoms with Gasteiger partial charge in [-0.15, -0.1) is 0 Å². The SMILES string of the molecule is COc1cccc2cc(C(=O)O[C@@H]3C[C@H]4CC[C@@]3(C)C4(C)C)c(=O)oc12. The predicted octanol–water partition coefficient (Wildman–Crippen LogP) is 4.17. The minimum atomic E-state index is -0.695.